The van der Waals surface area contributed by atoms with E-state index < -0.39 is 5.97 Å². The van der Waals surface area contributed by atoms with Gasteiger partial charge in [-0.3, -0.25) is 4.79 Å². The molecule has 0 atom stereocenters. The third kappa shape index (κ3) is 4.41. The molecule has 0 unspecified atom stereocenters. The molecule has 2 aromatic rings. The molecule has 5 nitrogen and oxygen atoms in total. The van der Waals surface area contributed by atoms with E-state index in [0.29, 0.717) is 5.69 Å². The van der Waals surface area contributed by atoms with E-state index in [4.69, 9.17) is 22.4 Å². The van der Waals surface area contributed by atoms with Crippen molar-refractivity contribution in [2.75, 3.05) is 16.8 Å². The number of nitrogens with one attached hydrogen (secondary N) is 1. The molecular weight excluding hydrogens is 324 g/mol. The van der Waals surface area contributed by atoms with Gasteiger partial charge in [0.2, 0.25) is 5.91 Å². The lowest BCUT2D eigenvalue weighted by Crippen LogP contribution is -2.14. The summed E-state index contributed by atoms with van der Waals surface area (Å²) < 4.78 is 0. The van der Waals surface area contributed by atoms with E-state index in [1.54, 1.807) is 12.1 Å². The Morgan fingerprint density at radius 2 is 1.86 bits per heavy atom. The predicted octanol–water partition coefficient (Wildman–Crippen LogP) is 3.35. The molecule has 4 N–H and O–H groups in total. The lowest BCUT2D eigenvalue weighted by Gasteiger charge is -2.08. The number of carboxylic acids is 1. The van der Waals surface area contributed by atoms with Crippen LogP contribution in [0.2, 0.25) is 5.02 Å². The summed E-state index contributed by atoms with van der Waals surface area (Å²) in [5, 5.41) is 11.8. The molecule has 2 aromatic carbocycles. The first-order valence-corrected chi connectivity index (χ1v) is 7.63. The maximum Gasteiger partial charge on any atom is 0.335 e. The van der Waals surface area contributed by atoms with Crippen LogP contribution in [0.3, 0.4) is 0 Å². The van der Waals surface area contributed by atoms with Gasteiger partial charge in [-0.1, -0.05) is 11.6 Å². The number of carbonyl (C=O) groups is 2. The lowest BCUT2D eigenvalue weighted by molar-refractivity contribution is -0.113. The average Bonchev–Trinajstić information content (AvgIpc) is 2.48. The van der Waals surface area contributed by atoms with Crippen LogP contribution in [-0.4, -0.2) is 22.7 Å². The van der Waals surface area contributed by atoms with Gasteiger partial charge in [0.1, 0.15) is 0 Å². The van der Waals surface area contributed by atoms with E-state index >= 15 is 0 Å². The Kier molecular flexibility index (Phi) is 5.30. The van der Waals surface area contributed by atoms with Gasteiger partial charge in [0.15, 0.2) is 0 Å². The number of hydrogen-bond acceptors (Lipinski definition) is 4. The Hall–Kier alpha value is -2.18. The summed E-state index contributed by atoms with van der Waals surface area (Å²) in [6.45, 7) is 0. The van der Waals surface area contributed by atoms with Crippen LogP contribution < -0.4 is 11.1 Å². The highest BCUT2D eigenvalue weighted by atomic mass is 35.5. The van der Waals surface area contributed by atoms with E-state index in [-0.39, 0.29) is 27.9 Å². The zero-order valence-electron chi connectivity index (χ0n) is 11.4. The van der Waals surface area contributed by atoms with Gasteiger partial charge in [-0.05, 0) is 42.5 Å². The van der Waals surface area contributed by atoms with Crippen LogP contribution in [0.25, 0.3) is 0 Å². The highest BCUT2D eigenvalue weighted by Gasteiger charge is 2.10. The van der Waals surface area contributed by atoms with Crippen LogP contribution in [-0.2, 0) is 4.79 Å². The van der Waals surface area contributed by atoms with E-state index in [1.807, 2.05) is 12.1 Å². The van der Waals surface area contributed by atoms with E-state index in [2.05, 4.69) is 5.32 Å². The molecule has 0 radical (unpaired) electrons. The van der Waals surface area contributed by atoms with Crippen molar-refractivity contribution in [1.82, 2.24) is 0 Å². The standard InChI is InChI=1S/C15H13ClN2O3S/c16-12-6-1-9(15(20)21)7-13(12)18-14(19)8-22-11-4-2-10(17)3-5-11/h1-7H,8,17H2,(H,18,19)(H,20,21). The molecule has 114 valence electrons. The first-order chi connectivity index (χ1) is 10.5. The Balaban J connectivity index is 1.98. The second kappa shape index (κ2) is 7.20. The van der Waals surface area contributed by atoms with Crippen LogP contribution in [0.4, 0.5) is 11.4 Å². The van der Waals surface area contributed by atoms with Crippen molar-refractivity contribution in [2.45, 2.75) is 4.90 Å². The summed E-state index contributed by atoms with van der Waals surface area (Å²) in [6.07, 6.45) is 0. The SMILES string of the molecule is Nc1ccc(SCC(=O)Nc2cc(C(=O)O)ccc2Cl)cc1. The highest BCUT2D eigenvalue weighted by Crippen LogP contribution is 2.24. The van der Waals surface area contributed by atoms with E-state index in [0.717, 1.165) is 4.90 Å². The van der Waals surface area contributed by atoms with Gasteiger partial charge in [-0.25, -0.2) is 4.79 Å². The van der Waals surface area contributed by atoms with Gasteiger partial charge in [0.05, 0.1) is 22.0 Å². The van der Waals surface area contributed by atoms with Crippen LogP contribution >= 0.6 is 23.4 Å². The number of rotatable bonds is 5. The number of hydrogen-bond donors (Lipinski definition) is 3. The molecule has 0 saturated carbocycles. The normalized spacial score (nSPS) is 10.2. The second-order valence-corrected chi connectivity index (χ2v) is 5.86. The summed E-state index contributed by atoms with van der Waals surface area (Å²) in [7, 11) is 0. The van der Waals surface area contributed by atoms with Crippen molar-refractivity contribution in [3.8, 4) is 0 Å². The van der Waals surface area contributed by atoms with Crippen LogP contribution in [0, 0.1) is 0 Å². The Morgan fingerprint density at radius 1 is 1.18 bits per heavy atom. The topological polar surface area (TPSA) is 92.4 Å². The molecule has 0 aromatic heterocycles. The minimum absolute atomic E-state index is 0.0610. The number of nitrogens with two attached hydrogens (primary N) is 1. The molecular formula is C15H13ClN2O3S. The molecule has 7 heteroatoms. The van der Waals surface area contributed by atoms with Gasteiger partial charge in [0.25, 0.3) is 0 Å². The smallest absolute Gasteiger partial charge is 0.335 e. The first kappa shape index (κ1) is 16.2. The molecule has 0 saturated heterocycles. The molecule has 0 fully saturated rings. The maximum atomic E-state index is 11.9. The molecule has 0 aliphatic heterocycles. The van der Waals surface area contributed by atoms with Gasteiger partial charge < -0.3 is 16.2 Å². The van der Waals surface area contributed by atoms with Gasteiger partial charge in [-0.2, -0.15) is 0 Å². The summed E-state index contributed by atoms with van der Waals surface area (Å²) in [5.41, 5.74) is 6.59. The predicted molar refractivity (Wildman–Crippen MR) is 88.6 cm³/mol. The van der Waals surface area contributed by atoms with E-state index in [1.165, 1.54) is 30.0 Å². The maximum absolute atomic E-state index is 11.9. The molecule has 22 heavy (non-hydrogen) atoms. The molecule has 0 aliphatic rings. The van der Waals surface area contributed by atoms with Gasteiger partial charge >= 0.3 is 5.97 Å². The van der Waals surface area contributed by atoms with Crippen molar-refractivity contribution in [3.05, 3.63) is 53.1 Å². The van der Waals surface area contributed by atoms with E-state index in [9.17, 15) is 9.59 Å². The van der Waals surface area contributed by atoms with Crippen molar-refractivity contribution >= 4 is 46.6 Å². The van der Waals surface area contributed by atoms with Crippen molar-refractivity contribution in [1.29, 1.82) is 0 Å². The zero-order chi connectivity index (χ0) is 16.1. The zero-order valence-corrected chi connectivity index (χ0v) is 12.9. The van der Waals surface area contributed by atoms with Crippen LogP contribution in [0.15, 0.2) is 47.4 Å². The Morgan fingerprint density at radius 3 is 2.50 bits per heavy atom. The van der Waals surface area contributed by atoms with Crippen molar-refractivity contribution in [3.63, 3.8) is 0 Å². The number of amides is 1. The fourth-order valence-electron chi connectivity index (χ4n) is 1.65. The summed E-state index contributed by atoms with van der Waals surface area (Å²) in [5.74, 6) is -1.17. The molecule has 2 rings (SSSR count). The van der Waals surface area contributed by atoms with Gasteiger partial charge in [0, 0.05) is 10.6 Å². The lowest BCUT2D eigenvalue weighted by atomic mass is 10.2. The second-order valence-electron chi connectivity index (χ2n) is 4.41. The number of carboxylic acid groups (broad SMARTS) is 1. The largest absolute Gasteiger partial charge is 0.478 e. The highest BCUT2D eigenvalue weighted by molar-refractivity contribution is 8.00. The minimum Gasteiger partial charge on any atom is -0.478 e. The van der Waals surface area contributed by atoms with Crippen molar-refractivity contribution in [2.24, 2.45) is 0 Å². The summed E-state index contributed by atoms with van der Waals surface area (Å²) >= 11 is 7.30. The number of benzene rings is 2. The minimum atomic E-state index is -1.08. The number of thioether (sulfide) groups is 1. The van der Waals surface area contributed by atoms with Gasteiger partial charge in [-0.15, -0.1) is 11.8 Å². The molecule has 0 heterocycles. The number of halogens is 1. The third-order valence-corrected chi connectivity index (χ3v) is 4.08. The van der Waals surface area contributed by atoms with Crippen LogP contribution in [0.5, 0.6) is 0 Å². The molecule has 0 aliphatic carbocycles. The number of nitrogen functional groups attached to an aromatic ring is 1. The monoisotopic (exact) mass is 336 g/mol. The number of anilines is 2. The number of carbonyl (C=O) groups excluding carboxylic acids is 1. The molecule has 0 bridgehead atoms. The van der Waals surface area contributed by atoms with Crippen molar-refractivity contribution < 1.29 is 14.7 Å². The summed E-state index contributed by atoms with van der Waals surface area (Å²) in [4.78, 5) is 23.8. The first-order valence-electron chi connectivity index (χ1n) is 6.27. The fourth-order valence-corrected chi connectivity index (χ4v) is 2.52. The van der Waals surface area contributed by atoms with Crippen LogP contribution in [0.1, 0.15) is 10.4 Å². The third-order valence-electron chi connectivity index (χ3n) is 2.74. The Labute approximate surface area is 136 Å². The average molecular weight is 337 g/mol. The number of aromatic carboxylic acids is 1. The quantitative estimate of drug-likeness (QED) is 0.575. The summed E-state index contributed by atoms with van der Waals surface area (Å²) in [6, 6.07) is 11.3. The molecule has 1 amide bonds. The Bertz CT molecular complexity index is 704. The fraction of sp³-hybridized carbons (Fsp3) is 0.0667. The molecule has 0 spiro atoms.